The number of para-hydroxylation sites is 1. The Bertz CT molecular complexity index is 890. The van der Waals surface area contributed by atoms with Crippen molar-refractivity contribution in [3.8, 4) is 0 Å². The van der Waals surface area contributed by atoms with Crippen LogP contribution in [-0.2, 0) is 11.2 Å². The third kappa shape index (κ3) is 5.61. The van der Waals surface area contributed by atoms with Crippen LogP contribution in [0.4, 0.5) is 11.4 Å². The summed E-state index contributed by atoms with van der Waals surface area (Å²) in [6.07, 6.45) is 3.73. The highest BCUT2D eigenvalue weighted by Crippen LogP contribution is 2.20. The Morgan fingerprint density at radius 1 is 1.03 bits per heavy atom. The number of hydrogen-bond acceptors (Lipinski definition) is 5. The molecule has 8 nitrogen and oxygen atoms in total. The summed E-state index contributed by atoms with van der Waals surface area (Å²) in [5, 5.41) is 16.6. The van der Waals surface area contributed by atoms with Crippen LogP contribution in [0.1, 0.15) is 41.6 Å². The van der Waals surface area contributed by atoms with E-state index in [0.29, 0.717) is 16.8 Å². The number of carbonyl (C=O) groups excluding carboxylic acids is 2. The Balaban J connectivity index is 1.63. The second-order valence-electron chi connectivity index (χ2n) is 7.27. The molecule has 0 saturated heterocycles. The number of hydrogen-bond donors (Lipinski definition) is 3. The van der Waals surface area contributed by atoms with Crippen molar-refractivity contribution in [1.29, 1.82) is 0 Å². The predicted molar refractivity (Wildman–Crippen MR) is 110 cm³/mol. The zero-order valence-electron chi connectivity index (χ0n) is 16.0. The van der Waals surface area contributed by atoms with E-state index in [2.05, 4.69) is 10.6 Å². The molecule has 0 aliphatic heterocycles. The second-order valence-corrected chi connectivity index (χ2v) is 7.27. The van der Waals surface area contributed by atoms with Gasteiger partial charge >= 0.3 is 0 Å². The van der Waals surface area contributed by atoms with Crippen LogP contribution in [0, 0.1) is 10.1 Å². The molecule has 1 saturated carbocycles. The summed E-state index contributed by atoms with van der Waals surface area (Å²) >= 11 is 0. The molecule has 3 rings (SSSR count). The number of nitro benzene ring substituents is 1. The van der Waals surface area contributed by atoms with E-state index in [9.17, 15) is 19.7 Å². The lowest BCUT2D eigenvalue weighted by atomic mass is 9.91. The van der Waals surface area contributed by atoms with Crippen LogP contribution in [0.25, 0.3) is 0 Å². The maximum Gasteiger partial charge on any atom is 0.269 e. The van der Waals surface area contributed by atoms with E-state index >= 15 is 0 Å². The first-order valence-corrected chi connectivity index (χ1v) is 9.61. The van der Waals surface area contributed by atoms with Crippen LogP contribution in [0.5, 0.6) is 0 Å². The molecule has 29 heavy (non-hydrogen) atoms. The van der Waals surface area contributed by atoms with Crippen LogP contribution in [0.2, 0.25) is 0 Å². The van der Waals surface area contributed by atoms with Crippen molar-refractivity contribution in [1.82, 2.24) is 5.32 Å². The molecule has 2 aromatic rings. The third-order valence-electron chi connectivity index (χ3n) is 5.09. The number of benzene rings is 2. The van der Waals surface area contributed by atoms with Crippen LogP contribution in [0.3, 0.4) is 0 Å². The predicted octanol–water partition coefficient (Wildman–Crippen LogP) is 2.78. The Labute approximate surface area is 168 Å². The van der Waals surface area contributed by atoms with Crippen LogP contribution in [-0.4, -0.2) is 28.8 Å². The maximum atomic E-state index is 12.5. The average molecular weight is 396 g/mol. The van der Waals surface area contributed by atoms with Gasteiger partial charge in [0.05, 0.1) is 11.3 Å². The van der Waals surface area contributed by atoms with Crippen molar-refractivity contribution in [2.75, 3.05) is 5.32 Å². The summed E-state index contributed by atoms with van der Waals surface area (Å²) in [5.74, 6) is -0.489. The number of nitrogens with two attached hydrogens (primary N) is 1. The van der Waals surface area contributed by atoms with Crippen LogP contribution >= 0.6 is 0 Å². The number of carbonyl (C=O) groups is 2. The minimum absolute atomic E-state index is 0.0812. The van der Waals surface area contributed by atoms with Gasteiger partial charge in [-0.2, -0.15) is 0 Å². The average Bonchev–Trinajstić information content (AvgIpc) is 2.71. The smallest absolute Gasteiger partial charge is 0.269 e. The van der Waals surface area contributed by atoms with Gasteiger partial charge in [0, 0.05) is 35.5 Å². The van der Waals surface area contributed by atoms with Crippen molar-refractivity contribution in [3.63, 3.8) is 0 Å². The fourth-order valence-corrected chi connectivity index (χ4v) is 3.44. The van der Waals surface area contributed by atoms with Crippen molar-refractivity contribution < 1.29 is 14.5 Å². The Hall–Kier alpha value is -3.26. The Kier molecular flexibility index (Phi) is 6.56. The van der Waals surface area contributed by atoms with Crippen molar-refractivity contribution in [3.05, 3.63) is 69.8 Å². The molecule has 0 bridgehead atoms. The van der Waals surface area contributed by atoms with Crippen molar-refractivity contribution in [2.45, 2.75) is 44.2 Å². The highest BCUT2D eigenvalue weighted by molar-refractivity contribution is 6.05. The van der Waals surface area contributed by atoms with E-state index < -0.39 is 10.8 Å². The number of non-ortho nitro benzene ring substituents is 1. The summed E-state index contributed by atoms with van der Waals surface area (Å²) in [7, 11) is 0. The van der Waals surface area contributed by atoms with Gasteiger partial charge in [0.2, 0.25) is 5.91 Å². The number of rotatable bonds is 6. The highest BCUT2D eigenvalue weighted by Gasteiger charge is 2.20. The molecular formula is C21H24N4O4. The van der Waals surface area contributed by atoms with E-state index in [1.165, 1.54) is 24.3 Å². The van der Waals surface area contributed by atoms with Crippen molar-refractivity contribution >= 4 is 23.2 Å². The van der Waals surface area contributed by atoms with Gasteiger partial charge in [0.25, 0.3) is 11.6 Å². The van der Waals surface area contributed by atoms with Gasteiger partial charge in [-0.25, -0.2) is 0 Å². The normalized spacial score (nSPS) is 18.7. The second kappa shape index (κ2) is 9.29. The zero-order chi connectivity index (χ0) is 20.8. The number of nitrogens with zero attached hydrogens (tertiary/aromatic N) is 1. The molecule has 0 unspecified atom stereocenters. The van der Waals surface area contributed by atoms with E-state index in [-0.39, 0.29) is 30.1 Å². The quantitative estimate of drug-likeness (QED) is 0.511. The Morgan fingerprint density at radius 3 is 2.34 bits per heavy atom. The molecule has 152 valence electrons. The maximum absolute atomic E-state index is 12.5. The number of anilines is 1. The van der Waals surface area contributed by atoms with Gasteiger partial charge in [0.15, 0.2) is 0 Å². The van der Waals surface area contributed by atoms with E-state index in [4.69, 9.17) is 5.73 Å². The monoisotopic (exact) mass is 396 g/mol. The van der Waals surface area contributed by atoms with Gasteiger partial charge in [-0.05, 0) is 49.4 Å². The topological polar surface area (TPSA) is 127 Å². The molecule has 8 heteroatoms. The highest BCUT2D eigenvalue weighted by atomic mass is 16.6. The van der Waals surface area contributed by atoms with E-state index in [0.717, 1.165) is 25.7 Å². The van der Waals surface area contributed by atoms with Gasteiger partial charge in [-0.1, -0.05) is 18.2 Å². The van der Waals surface area contributed by atoms with Crippen molar-refractivity contribution in [2.24, 2.45) is 5.73 Å². The fourth-order valence-electron chi connectivity index (χ4n) is 3.44. The summed E-state index contributed by atoms with van der Waals surface area (Å²) in [6, 6.07) is 12.8. The third-order valence-corrected chi connectivity index (χ3v) is 5.09. The lowest BCUT2D eigenvalue weighted by molar-refractivity contribution is -0.384. The molecule has 1 aliphatic carbocycles. The minimum Gasteiger partial charge on any atom is -0.353 e. The number of amides is 2. The van der Waals surface area contributed by atoms with Gasteiger partial charge in [-0.3, -0.25) is 19.7 Å². The fraction of sp³-hybridized carbons (Fsp3) is 0.333. The summed E-state index contributed by atoms with van der Waals surface area (Å²) in [5.41, 5.74) is 7.36. The molecule has 0 atom stereocenters. The number of nitro groups is 1. The lowest BCUT2D eigenvalue weighted by Gasteiger charge is -2.27. The molecule has 2 aromatic carbocycles. The van der Waals surface area contributed by atoms with Gasteiger partial charge < -0.3 is 16.4 Å². The van der Waals surface area contributed by atoms with Gasteiger partial charge in [0.1, 0.15) is 0 Å². The molecule has 2 amide bonds. The van der Waals surface area contributed by atoms with Crippen LogP contribution < -0.4 is 16.4 Å². The zero-order valence-corrected chi connectivity index (χ0v) is 16.0. The molecule has 1 fully saturated rings. The molecule has 4 N–H and O–H groups in total. The molecular weight excluding hydrogens is 372 g/mol. The lowest BCUT2D eigenvalue weighted by Crippen LogP contribution is -2.41. The first-order valence-electron chi connectivity index (χ1n) is 9.61. The number of nitrogens with one attached hydrogen (secondary N) is 2. The summed E-state index contributed by atoms with van der Waals surface area (Å²) in [4.78, 5) is 35.2. The summed E-state index contributed by atoms with van der Waals surface area (Å²) < 4.78 is 0. The Morgan fingerprint density at radius 2 is 1.69 bits per heavy atom. The SMILES string of the molecule is NC1CCC(NC(=O)Cc2ccccc2NC(=O)c2ccc([N+](=O)[O-])cc2)CC1. The van der Waals surface area contributed by atoms with E-state index in [1.54, 1.807) is 18.2 Å². The minimum atomic E-state index is -0.518. The molecule has 0 radical (unpaired) electrons. The summed E-state index contributed by atoms with van der Waals surface area (Å²) in [6.45, 7) is 0. The first-order chi connectivity index (χ1) is 13.9. The molecule has 1 aliphatic rings. The van der Waals surface area contributed by atoms with E-state index in [1.807, 2.05) is 6.07 Å². The largest absolute Gasteiger partial charge is 0.353 e. The standard InChI is InChI=1S/C21H24N4O4/c22-16-7-9-17(10-8-16)23-20(26)13-15-3-1-2-4-19(15)24-21(27)14-5-11-18(12-6-14)25(28)29/h1-6,11-12,16-17H,7-10,13,22H2,(H,23,26)(H,24,27). The van der Waals surface area contributed by atoms with Gasteiger partial charge in [-0.15, -0.1) is 0 Å². The first kappa shape index (κ1) is 20.5. The molecule has 0 heterocycles. The van der Waals surface area contributed by atoms with Crippen LogP contribution in [0.15, 0.2) is 48.5 Å². The molecule has 0 aromatic heterocycles. The molecule has 0 spiro atoms.